The van der Waals surface area contributed by atoms with Crippen LogP contribution in [0.5, 0.6) is 0 Å². The van der Waals surface area contributed by atoms with Crippen LogP contribution in [0.1, 0.15) is 41.6 Å². The van der Waals surface area contributed by atoms with Gasteiger partial charge < -0.3 is 10.0 Å². The van der Waals surface area contributed by atoms with Crippen LogP contribution in [-0.4, -0.2) is 44.8 Å². The van der Waals surface area contributed by atoms with E-state index in [0.717, 1.165) is 30.6 Å². The monoisotopic (exact) mass is 341 g/mol. The summed E-state index contributed by atoms with van der Waals surface area (Å²) in [6.07, 6.45) is 6.07. The number of carbonyl (C=O) groups is 2. The van der Waals surface area contributed by atoms with Crippen LogP contribution in [0, 0.1) is 12.8 Å². The molecule has 1 aliphatic rings. The van der Waals surface area contributed by atoms with Crippen LogP contribution in [0.15, 0.2) is 36.7 Å². The molecule has 0 radical (unpaired) electrons. The maximum absolute atomic E-state index is 12.8. The Hall–Kier alpha value is -2.63. The molecule has 6 nitrogen and oxygen atoms in total. The van der Waals surface area contributed by atoms with E-state index in [9.17, 15) is 9.59 Å². The lowest BCUT2D eigenvalue weighted by atomic mass is 9.93. The molecule has 1 saturated heterocycles. The van der Waals surface area contributed by atoms with Gasteiger partial charge >= 0.3 is 5.97 Å². The fraction of sp³-hybridized carbons (Fsp3) is 0.421. The highest BCUT2D eigenvalue weighted by atomic mass is 16.4. The van der Waals surface area contributed by atoms with Crippen LogP contribution in [0.3, 0.4) is 0 Å². The molecule has 132 valence electrons. The number of carboxylic acids is 1. The molecule has 0 unspecified atom stereocenters. The number of aryl methyl sites for hydroxylation is 1. The molecule has 1 aliphatic heterocycles. The Kier molecular flexibility index (Phi) is 5.16. The number of amides is 1. The van der Waals surface area contributed by atoms with Crippen molar-refractivity contribution in [2.24, 2.45) is 5.92 Å². The molecule has 0 spiro atoms. The predicted molar refractivity (Wildman–Crippen MR) is 93.8 cm³/mol. The number of carbonyl (C=O) groups excluding carboxylic acids is 1. The minimum atomic E-state index is -0.775. The van der Waals surface area contributed by atoms with E-state index >= 15 is 0 Å². The molecule has 0 saturated carbocycles. The zero-order valence-corrected chi connectivity index (χ0v) is 14.4. The Morgan fingerprint density at radius 2 is 2.12 bits per heavy atom. The second kappa shape index (κ2) is 7.51. The van der Waals surface area contributed by atoms with Gasteiger partial charge in [-0.25, -0.2) is 4.68 Å². The summed E-state index contributed by atoms with van der Waals surface area (Å²) in [5.74, 6) is -0.539. The first kappa shape index (κ1) is 17.2. The van der Waals surface area contributed by atoms with Gasteiger partial charge in [0.15, 0.2) is 0 Å². The van der Waals surface area contributed by atoms with E-state index < -0.39 is 5.97 Å². The Balaban J connectivity index is 1.69. The third-order valence-corrected chi connectivity index (χ3v) is 4.76. The third kappa shape index (κ3) is 4.07. The van der Waals surface area contributed by atoms with Gasteiger partial charge in [-0.15, -0.1) is 0 Å². The topological polar surface area (TPSA) is 75.4 Å². The standard InChI is InChI=1S/C19H23N3O3/c1-14-5-2-3-7-17(14)22-13-16(11-20-22)19(25)21-10-4-6-15(12-21)8-9-18(23)24/h2-3,5,7,11,13,15H,4,6,8-10,12H2,1H3,(H,23,24)/t15-/m0/s1. The molecule has 3 rings (SSSR count). The highest BCUT2D eigenvalue weighted by molar-refractivity contribution is 5.93. The summed E-state index contributed by atoms with van der Waals surface area (Å²) in [4.78, 5) is 25.4. The van der Waals surface area contributed by atoms with Gasteiger partial charge in [0.05, 0.1) is 17.4 Å². The molecule has 1 atom stereocenters. The van der Waals surface area contributed by atoms with E-state index in [2.05, 4.69) is 5.10 Å². The average Bonchev–Trinajstić information content (AvgIpc) is 3.10. The third-order valence-electron chi connectivity index (χ3n) is 4.76. The number of likely N-dealkylation sites (tertiary alicyclic amines) is 1. The Bertz CT molecular complexity index is 769. The maximum atomic E-state index is 12.8. The number of benzene rings is 1. The van der Waals surface area contributed by atoms with Gasteiger partial charge in [-0.05, 0) is 43.7 Å². The molecule has 0 aliphatic carbocycles. The number of piperidine rings is 1. The number of hydrogen-bond acceptors (Lipinski definition) is 3. The largest absolute Gasteiger partial charge is 0.481 e. The van der Waals surface area contributed by atoms with Gasteiger partial charge in [0.1, 0.15) is 0 Å². The first-order valence-corrected chi connectivity index (χ1v) is 8.66. The van der Waals surface area contributed by atoms with Crippen molar-refractivity contribution >= 4 is 11.9 Å². The van der Waals surface area contributed by atoms with Crippen LogP contribution in [0.2, 0.25) is 0 Å². The first-order valence-electron chi connectivity index (χ1n) is 8.66. The lowest BCUT2D eigenvalue weighted by Crippen LogP contribution is -2.40. The molecule has 6 heteroatoms. The molecule has 2 aromatic rings. The minimum absolute atomic E-state index is 0.0279. The normalized spacial score (nSPS) is 17.5. The highest BCUT2D eigenvalue weighted by Crippen LogP contribution is 2.23. The summed E-state index contributed by atoms with van der Waals surface area (Å²) < 4.78 is 1.73. The van der Waals surface area contributed by atoms with Gasteiger partial charge in [0.25, 0.3) is 5.91 Å². The van der Waals surface area contributed by atoms with Gasteiger partial charge in [-0.1, -0.05) is 18.2 Å². The fourth-order valence-corrected chi connectivity index (χ4v) is 3.38. The average molecular weight is 341 g/mol. The molecular formula is C19H23N3O3. The van der Waals surface area contributed by atoms with Crippen LogP contribution < -0.4 is 0 Å². The van der Waals surface area contributed by atoms with Gasteiger partial charge in [0.2, 0.25) is 0 Å². The SMILES string of the molecule is Cc1ccccc1-n1cc(C(=O)N2CCC[C@@H](CCC(=O)O)C2)cn1. The minimum Gasteiger partial charge on any atom is -0.481 e. The summed E-state index contributed by atoms with van der Waals surface area (Å²) in [7, 11) is 0. The quantitative estimate of drug-likeness (QED) is 0.907. The van der Waals surface area contributed by atoms with Crippen molar-refractivity contribution in [3.05, 3.63) is 47.8 Å². The van der Waals surface area contributed by atoms with E-state index in [-0.39, 0.29) is 18.2 Å². The summed E-state index contributed by atoms with van der Waals surface area (Å²) >= 11 is 0. The van der Waals surface area contributed by atoms with Gasteiger partial charge in [0, 0.05) is 25.7 Å². The van der Waals surface area contributed by atoms with Crippen LogP contribution in [-0.2, 0) is 4.79 Å². The zero-order valence-electron chi connectivity index (χ0n) is 14.4. The number of carboxylic acid groups (broad SMARTS) is 1. The van der Waals surface area contributed by atoms with Crippen molar-refractivity contribution in [3.63, 3.8) is 0 Å². The second-order valence-electron chi connectivity index (χ2n) is 6.65. The Morgan fingerprint density at radius 3 is 2.88 bits per heavy atom. The lowest BCUT2D eigenvalue weighted by Gasteiger charge is -2.32. The van der Waals surface area contributed by atoms with E-state index in [1.54, 1.807) is 17.1 Å². The Morgan fingerprint density at radius 1 is 1.32 bits per heavy atom. The summed E-state index contributed by atoms with van der Waals surface area (Å²) in [5.41, 5.74) is 2.62. The maximum Gasteiger partial charge on any atom is 0.303 e. The highest BCUT2D eigenvalue weighted by Gasteiger charge is 2.25. The van der Waals surface area contributed by atoms with Crippen LogP contribution in [0.25, 0.3) is 5.69 Å². The van der Waals surface area contributed by atoms with Crippen molar-refractivity contribution in [2.75, 3.05) is 13.1 Å². The number of para-hydroxylation sites is 1. The van der Waals surface area contributed by atoms with Crippen molar-refractivity contribution in [2.45, 2.75) is 32.6 Å². The Labute approximate surface area is 147 Å². The molecule has 1 amide bonds. The summed E-state index contributed by atoms with van der Waals surface area (Å²) in [5, 5.41) is 13.2. The van der Waals surface area contributed by atoms with E-state index in [1.807, 2.05) is 36.1 Å². The number of aliphatic carboxylic acids is 1. The molecule has 1 N–H and O–H groups in total. The van der Waals surface area contributed by atoms with Crippen molar-refractivity contribution in [1.82, 2.24) is 14.7 Å². The number of hydrogen-bond donors (Lipinski definition) is 1. The summed E-state index contributed by atoms with van der Waals surface area (Å²) in [6.45, 7) is 3.36. The second-order valence-corrected chi connectivity index (χ2v) is 6.65. The van der Waals surface area contributed by atoms with Gasteiger partial charge in [-0.3, -0.25) is 9.59 Å². The summed E-state index contributed by atoms with van der Waals surface area (Å²) in [6, 6.07) is 7.90. The molecule has 25 heavy (non-hydrogen) atoms. The number of aromatic nitrogens is 2. The van der Waals surface area contributed by atoms with Crippen molar-refractivity contribution in [3.8, 4) is 5.69 Å². The van der Waals surface area contributed by atoms with E-state index in [4.69, 9.17) is 5.11 Å². The molecule has 1 aromatic carbocycles. The first-order chi connectivity index (χ1) is 12.0. The lowest BCUT2D eigenvalue weighted by molar-refractivity contribution is -0.137. The zero-order chi connectivity index (χ0) is 17.8. The van der Waals surface area contributed by atoms with Crippen LogP contribution >= 0.6 is 0 Å². The molecule has 0 bridgehead atoms. The fourth-order valence-electron chi connectivity index (χ4n) is 3.38. The van der Waals surface area contributed by atoms with E-state index in [0.29, 0.717) is 18.5 Å². The van der Waals surface area contributed by atoms with Gasteiger partial charge in [-0.2, -0.15) is 5.10 Å². The van der Waals surface area contributed by atoms with Crippen molar-refractivity contribution in [1.29, 1.82) is 0 Å². The molecular weight excluding hydrogens is 318 g/mol. The van der Waals surface area contributed by atoms with Crippen LogP contribution in [0.4, 0.5) is 0 Å². The number of nitrogens with zero attached hydrogens (tertiary/aromatic N) is 3. The van der Waals surface area contributed by atoms with Crippen molar-refractivity contribution < 1.29 is 14.7 Å². The predicted octanol–water partition coefficient (Wildman–Crippen LogP) is 2.90. The number of rotatable bonds is 5. The molecule has 2 heterocycles. The van der Waals surface area contributed by atoms with E-state index in [1.165, 1.54) is 0 Å². The molecule has 1 fully saturated rings. The molecule has 1 aromatic heterocycles. The smallest absolute Gasteiger partial charge is 0.303 e.